The third-order valence-corrected chi connectivity index (χ3v) is 9.90. The Hall–Kier alpha value is -5.39. The number of nitrogens with two attached hydrogens (primary N) is 1. The molecule has 0 aliphatic carbocycles. The Morgan fingerprint density at radius 2 is 1.84 bits per heavy atom. The quantitative estimate of drug-likeness (QED) is 0.122. The Balaban J connectivity index is 1.21. The van der Waals surface area contributed by atoms with E-state index in [0.29, 0.717) is 33.0 Å². The Morgan fingerprint density at radius 3 is 2.59 bits per heavy atom. The van der Waals surface area contributed by atoms with Gasteiger partial charge in [-0.3, -0.25) is 4.79 Å². The first kappa shape index (κ1) is 33.5. The van der Waals surface area contributed by atoms with Crippen molar-refractivity contribution in [2.24, 2.45) is 5.14 Å². The number of ether oxygens (including phenoxy) is 2. The highest BCUT2D eigenvalue weighted by atomic mass is 32.2. The Bertz CT molecular complexity index is 2220. The van der Waals surface area contributed by atoms with E-state index < -0.39 is 40.7 Å². The number of H-pyrrole nitrogens is 1. The molecule has 6 rings (SSSR count). The van der Waals surface area contributed by atoms with Crippen molar-refractivity contribution < 1.29 is 37.0 Å². The third-order valence-electron chi connectivity index (χ3n) is 7.56. The number of carboxylic acids is 1. The van der Waals surface area contributed by atoms with E-state index in [4.69, 9.17) is 14.6 Å². The molecule has 0 aliphatic rings. The van der Waals surface area contributed by atoms with Gasteiger partial charge in [0.1, 0.15) is 49.2 Å². The maximum absolute atomic E-state index is 13.8. The number of carbonyl (C=O) groups is 2. The van der Waals surface area contributed by atoms with Gasteiger partial charge in [0.05, 0.1) is 16.4 Å². The average Bonchev–Trinajstić information content (AvgIpc) is 3.84. The summed E-state index contributed by atoms with van der Waals surface area (Å²) in [5.74, 6) is -0.917. The minimum atomic E-state index is -3.95. The summed E-state index contributed by atoms with van der Waals surface area (Å²) >= 11 is 0.916. The fourth-order valence-corrected chi connectivity index (χ4v) is 6.87. The summed E-state index contributed by atoms with van der Waals surface area (Å²) in [5.41, 5.74) is 3.12. The number of rotatable bonds is 15. The zero-order chi connectivity index (χ0) is 34.5. The highest BCUT2D eigenvalue weighted by Gasteiger charge is 2.29. The van der Waals surface area contributed by atoms with Gasteiger partial charge < -0.3 is 24.9 Å². The van der Waals surface area contributed by atoms with E-state index in [1.807, 2.05) is 24.3 Å². The van der Waals surface area contributed by atoms with Crippen molar-refractivity contribution >= 4 is 54.4 Å². The molecule has 0 bridgehead atoms. The van der Waals surface area contributed by atoms with Crippen LogP contribution in [0.1, 0.15) is 22.9 Å². The lowest BCUT2D eigenvalue weighted by Crippen LogP contribution is -2.46. The number of aromatic nitrogens is 5. The summed E-state index contributed by atoms with van der Waals surface area (Å²) in [4.78, 5) is 33.3. The topological polar surface area (TPSA) is 204 Å². The molecule has 1 amide bonds. The van der Waals surface area contributed by atoms with Gasteiger partial charge in [-0.1, -0.05) is 35.5 Å². The number of hydrogen-bond acceptors (Lipinski definition) is 10. The molecule has 49 heavy (non-hydrogen) atoms. The van der Waals surface area contributed by atoms with Gasteiger partial charge >= 0.3 is 5.97 Å². The molecule has 0 fully saturated rings. The van der Waals surface area contributed by atoms with E-state index in [0.717, 1.165) is 27.8 Å². The number of thiazole rings is 1. The molecule has 6 aromatic rings. The van der Waals surface area contributed by atoms with Crippen LogP contribution in [0, 0.1) is 0 Å². The van der Waals surface area contributed by atoms with E-state index in [2.05, 4.69) is 25.6 Å². The van der Waals surface area contributed by atoms with Gasteiger partial charge in [-0.25, -0.2) is 32.4 Å². The Labute approximate surface area is 282 Å². The van der Waals surface area contributed by atoms with Crippen molar-refractivity contribution in [3.63, 3.8) is 0 Å². The molecule has 0 radical (unpaired) electrons. The molecule has 17 heteroatoms. The molecule has 254 valence electrons. The molecule has 0 spiro atoms. The first-order chi connectivity index (χ1) is 23.6. The molecule has 3 aromatic heterocycles. The predicted octanol–water partition coefficient (Wildman–Crippen LogP) is 3.54. The van der Waals surface area contributed by atoms with Gasteiger partial charge in [-0.2, -0.15) is 0 Å². The number of alkyl halides is 1. The van der Waals surface area contributed by atoms with Crippen LogP contribution in [0.3, 0.4) is 0 Å². The number of sulfonamides is 1. The fraction of sp³-hybridized carbons (Fsp3) is 0.219. The van der Waals surface area contributed by atoms with Crippen LogP contribution < -0.4 is 19.9 Å². The number of primary sulfonamides is 1. The number of carboxylic acid groups (broad SMARTS) is 1. The molecule has 0 unspecified atom stereocenters. The normalized spacial score (nSPS) is 12.9. The number of amides is 1. The van der Waals surface area contributed by atoms with Crippen LogP contribution in [0.2, 0.25) is 0 Å². The van der Waals surface area contributed by atoms with Crippen LogP contribution in [0.5, 0.6) is 11.5 Å². The number of aromatic amines is 1. The smallest absolute Gasteiger partial charge is 0.326 e. The van der Waals surface area contributed by atoms with Crippen molar-refractivity contribution in [1.82, 2.24) is 30.3 Å². The number of nitrogens with zero attached hydrogens (tertiary/aromatic N) is 4. The number of hydrogen-bond donors (Lipinski definition) is 4. The molecule has 0 saturated carbocycles. The number of halogens is 1. The molecular weight excluding hydrogens is 678 g/mol. The molecule has 5 N–H and O–H groups in total. The average molecular weight is 708 g/mol. The first-order valence-corrected chi connectivity index (χ1v) is 17.3. The lowest BCUT2D eigenvalue weighted by Gasteiger charge is -2.21. The summed E-state index contributed by atoms with van der Waals surface area (Å²) < 4.78 is 48.8. The second-order valence-corrected chi connectivity index (χ2v) is 13.8. The van der Waals surface area contributed by atoms with E-state index in [9.17, 15) is 27.5 Å². The van der Waals surface area contributed by atoms with Crippen molar-refractivity contribution in [2.45, 2.75) is 35.9 Å². The standard InChI is InChI=1S/C32H30FN7O7S2/c33-11-12-46-22-7-5-19(6-8-22)13-28(30(41)36-27(31(42)43)14-20-16-35-25-4-2-1-3-24(20)25)40-17-21(38-39-40)18-47-23-9-10-26-29(15-23)48-32(37-26)49(34,44)45/h1-10,15-17,27-28,35H,11-14,18H2,(H,36,41)(H,42,43)(H2,34,44,45)/t27-,28-/m0/s1. The van der Waals surface area contributed by atoms with Gasteiger partial charge in [-0.15, -0.1) is 16.4 Å². The predicted molar refractivity (Wildman–Crippen MR) is 178 cm³/mol. The van der Waals surface area contributed by atoms with Crippen molar-refractivity contribution in [3.05, 3.63) is 95.9 Å². The molecule has 2 atom stereocenters. The monoisotopic (exact) mass is 707 g/mol. The van der Waals surface area contributed by atoms with Crippen molar-refractivity contribution in [2.75, 3.05) is 13.3 Å². The summed E-state index contributed by atoms with van der Waals surface area (Å²) in [6.45, 7) is -0.763. The van der Waals surface area contributed by atoms with Crippen LogP contribution in [0.15, 0.2) is 83.5 Å². The minimum Gasteiger partial charge on any atom is -0.491 e. The third kappa shape index (κ3) is 8.02. The minimum absolute atomic E-state index is 0.0394. The van der Waals surface area contributed by atoms with Crippen molar-refractivity contribution in [3.8, 4) is 11.5 Å². The number of nitrogens with one attached hydrogen (secondary N) is 2. The zero-order valence-corrected chi connectivity index (χ0v) is 27.3. The van der Waals surface area contributed by atoms with Gasteiger partial charge in [0.25, 0.3) is 10.0 Å². The van der Waals surface area contributed by atoms with Gasteiger partial charge in [-0.05, 0) is 47.5 Å². The summed E-state index contributed by atoms with van der Waals surface area (Å²) in [7, 11) is -3.95. The summed E-state index contributed by atoms with van der Waals surface area (Å²) in [6.07, 6.45) is 3.42. The van der Waals surface area contributed by atoms with Crippen LogP contribution in [0.4, 0.5) is 4.39 Å². The van der Waals surface area contributed by atoms with Crippen LogP contribution in [-0.2, 0) is 39.1 Å². The van der Waals surface area contributed by atoms with E-state index >= 15 is 0 Å². The lowest BCUT2D eigenvalue weighted by atomic mass is 10.0. The number of carbonyl (C=O) groups excluding carboxylic acids is 1. The largest absolute Gasteiger partial charge is 0.491 e. The fourth-order valence-electron chi connectivity index (χ4n) is 5.18. The molecular formula is C32H30FN7O7S2. The molecule has 0 aliphatic heterocycles. The zero-order valence-electron chi connectivity index (χ0n) is 25.7. The van der Waals surface area contributed by atoms with E-state index in [1.165, 1.54) is 10.9 Å². The highest BCUT2D eigenvalue weighted by molar-refractivity contribution is 7.91. The lowest BCUT2D eigenvalue weighted by molar-refractivity contribution is -0.142. The maximum atomic E-state index is 13.8. The van der Waals surface area contributed by atoms with Gasteiger partial charge in [0.2, 0.25) is 10.2 Å². The Kier molecular flexibility index (Phi) is 9.84. The SMILES string of the molecule is NS(=O)(=O)c1nc2ccc(OCc3cn([C@@H](Cc4ccc(OCCF)cc4)C(=O)N[C@@H](Cc4c[nH]c5ccccc45)C(=O)O)nn3)cc2s1. The molecule has 3 heterocycles. The Morgan fingerprint density at radius 1 is 1.06 bits per heavy atom. The summed E-state index contributed by atoms with van der Waals surface area (Å²) in [5, 5.41) is 27.1. The first-order valence-electron chi connectivity index (χ1n) is 14.9. The van der Waals surface area contributed by atoms with Gasteiger partial charge in [0.15, 0.2) is 0 Å². The second kappa shape index (κ2) is 14.4. The van der Waals surface area contributed by atoms with E-state index in [1.54, 1.807) is 48.7 Å². The van der Waals surface area contributed by atoms with Crippen LogP contribution >= 0.6 is 11.3 Å². The van der Waals surface area contributed by atoms with Crippen molar-refractivity contribution in [1.29, 1.82) is 0 Å². The number of aliphatic carboxylic acids is 1. The second-order valence-electron chi connectivity index (χ2n) is 11.0. The molecule has 3 aromatic carbocycles. The van der Waals surface area contributed by atoms with Crippen LogP contribution in [-0.4, -0.2) is 69.7 Å². The van der Waals surface area contributed by atoms with Gasteiger partial charge in [0, 0.05) is 29.9 Å². The van der Waals surface area contributed by atoms with Crippen LogP contribution in [0.25, 0.3) is 21.1 Å². The number of benzene rings is 3. The molecule has 0 saturated heterocycles. The highest BCUT2D eigenvalue weighted by Crippen LogP contribution is 2.29. The van der Waals surface area contributed by atoms with E-state index in [-0.39, 0.29) is 30.4 Å². The molecule has 14 nitrogen and oxygen atoms in total. The maximum Gasteiger partial charge on any atom is 0.326 e. The number of para-hydroxylation sites is 1. The number of fused-ring (bicyclic) bond motifs is 2. The summed E-state index contributed by atoms with van der Waals surface area (Å²) in [6, 6.07) is 16.9.